The van der Waals surface area contributed by atoms with Gasteiger partial charge in [-0.1, -0.05) is 6.92 Å². The van der Waals surface area contributed by atoms with Gasteiger partial charge in [0.2, 0.25) is 5.91 Å². The monoisotopic (exact) mass is 269 g/mol. The second kappa shape index (κ2) is 5.07. The molecule has 7 nitrogen and oxygen atoms in total. The first-order chi connectivity index (χ1) is 8.91. The standard InChI is InChI=1S/C12H19N3O4/c1-7-5-14(6-8(7)11(17)18)12(19)15-4-2-3-9(15)10(13)16/h7-9H,2-6H2,1H3,(H2,13,16)(H,17,18)/t7-,8-,9?/m1/s1. The van der Waals surface area contributed by atoms with Crippen LogP contribution in [0.1, 0.15) is 19.8 Å². The lowest BCUT2D eigenvalue weighted by atomic mass is 9.99. The van der Waals surface area contributed by atoms with Gasteiger partial charge >= 0.3 is 12.0 Å². The number of carbonyl (C=O) groups excluding carboxylic acids is 2. The third kappa shape index (κ3) is 2.50. The fourth-order valence-electron chi connectivity index (χ4n) is 2.92. The van der Waals surface area contributed by atoms with Gasteiger partial charge in [0, 0.05) is 19.6 Å². The van der Waals surface area contributed by atoms with Crippen LogP contribution in [0.3, 0.4) is 0 Å². The molecule has 0 saturated carbocycles. The first-order valence-corrected chi connectivity index (χ1v) is 6.49. The Morgan fingerprint density at radius 3 is 2.47 bits per heavy atom. The summed E-state index contributed by atoms with van der Waals surface area (Å²) >= 11 is 0. The summed E-state index contributed by atoms with van der Waals surface area (Å²) < 4.78 is 0. The Bertz CT molecular complexity index is 412. The van der Waals surface area contributed by atoms with Crippen LogP contribution < -0.4 is 5.73 Å². The first-order valence-electron chi connectivity index (χ1n) is 6.49. The Morgan fingerprint density at radius 2 is 1.95 bits per heavy atom. The van der Waals surface area contributed by atoms with Gasteiger partial charge in [0.25, 0.3) is 0 Å². The highest BCUT2D eigenvalue weighted by Gasteiger charge is 2.41. The zero-order valence-corrected chi connectivity index (χ0v) is 10.9. The third-order valence-electron chi connectivity index (χ3n) is 4.03. The molecule has 2 rings (SSSR count). The average molecular weight is 269 g/mol. The van der Waals surface area contributed by atoms with Crippen molar-refractivity contribution in [2.24, 2.45) is 17.6 Å². The van der Waals surface area contributed by atoms with Crippen LogP contribution in [0, 0.1) is 11.8 Å². The van der Waals surface area contributed by atoms with Crippen molar-refractivity contribution >= 4 is 17.9 Å². The lowest BCUT2D eigenvalue weighted by Gasteiger charge is -2.27. The molecule has 2 heterocycles. The molecule has 0 aromatic carbocycles. The van der Waals surface area contributed by atoms with E-state index in [9.17, 15) is 14.4 Å². The van der Waals surface area contributed by atoms with Gasteiger partial charge in [0.15, 0.2) is 0 Å². The number of nitrogens with zero attached hydrogens (tertiary/aromatic N) is 2. The topological polar surface area (TPSA) is 104 Å². The predicted octanol–water partition coefficient (Wildman–Crippen LogP) is -0.291. The number of hydrogen-bond donors (Lipinski definition) is 2. The molecule has 0 spiro atoms. The Hall–Kier alpha value is -1.79. The van der Waals surface area contributed by atoms with Crippen LogP contribution in [0.4, 0.5) is 4.79 Å². The van der Waals surface area contributed by atoms with E-state index in [-0.39, 0.29) is 18.5 Å². The van der Waals surface area contributed by atoms with Crippen molar-refractivity contribution in [2.45, 2.75) is 25.8 Å². The minimum Gasteiger partial charge on any atom is -0.481 e. The Balaban J connectivity index is 2.05. The Morgan fingerprint density at radius 1 is 1.26 bits per heavy atom. The second-order valence-electron chi connectivity index (χ2n) is 5.36. The van der Waals surface area contributed by atoms with E-state index >= 15 is 0 Å². The summed E-state index contributed by atoms with van der Waals surface area (Å²) in [7, 11) is 0. The summed E-state index contributed by atoms with van der Waals surface area (Å²) in [5.41, 5.74) is 5.28. The van der Waals surface area contributed by atoms with Gasteiger partial charge in [-0.05, 0) is 18.8 Å². The SMILES string of the molecule is C[C@@H]1CN(C(=O)N2CCCC2C(N)=O)C[C@H]1C(=O)O. The molecule has 3 amide bonds. The molecule has 3 atom stereocenters. The number of aliphatic carboxylic acids is 1. The fraction of sp³-hybridized carbons (Fsp3) is 0.750. The molecular formula is C12H19N3O4. The molecule has 0 aliphatic carbocycles. The molecule has 3 N–H and O–H groups in total. The summed E-state index contributed by atoms with van der Waals surface area (Å²) in [6.07, 6.45) is 1.35. The number of carboxylic acids is 1. The highest BCUT2D eigenvalue weighted by Crippen LogP contribution is 2.26. The van der Waals surface area contributed by atoms with Crippen LogP contribution in [-0.4, -0.2) is 58.5 Å². The number of hydrogen-bond acceptors (Lipinski definition) is 3. The number of rotatable bonds is 2. The highest BCUT2D eigenvalue weighted by atomic mass is 16.4. The van der Waals surface area contributed by atoms with Gasteiger partial charge in [-0.25, -0.2) is 4.79 Å². The minimum absolute atomic E-state index is 0.0731. The number of amides is 3. The van der Waals surface area contributed by atoms with Gasteiger partial charge < -0.3 is 20.6 Å². The third-order valence-corrected chi connectivity index (χ3v) is 4.03. The van der Waals surface area contributed by atoms with E-state index in [1.165, 1.54) is 9.80 Å². The molecule has 0 bridgehead atoms. The van der Waals surface area contributed by atoms with Crippen molar-refractivity contribution in [1.82, 2.24) is 9.80 Å². The highest BCUT2D eigenvalue weighted by molar-refractivity contribution is 5.87. The summed E-state index contributed by atoms with van der Waals surface area (Å²) in [5.74, 6) is -1.97. The number of primary amides is 1. The molecular weight excluding hydrogens is 250 g/mol. The smallest absolute Gasteiger partial charge is 0.320 e. The molecule has 2 aliphatic heterocycles. The average Bonchev–Trinajstić information content (AvgIpc) is 2.93. The van der Waals surface area contributed by atoms with Gasteiger partial charge in [-0.3, -0.25) is 9.59 Å². The zero-order chi connectivity index (χ0) is 14.2. The van der Waals surface area contributed by atoms with E-state index in [1.54, 1.807) is 0 Å². The minimum atomic E-state index is -0.879. The van der Waals surface area contributed by atoms with E-state index in [4.69, 9.17) is 10.8 Å². The lowest BCUT2D eigenvalue weighted by Crippen LogP contribution is -2.49. The van der Waals surface area contributed by atoms with Crippen LogP contribution in [0.15, 0.2) is 0 Å². The molecule has 2 saturated heterocycles. The number of carbonyl (C=O) groups is 3. The van der Waals surface area contributed by atoms with Crippen molar-refractivity contribution in [3.05, 3.63) is 0 Å². The predicted molar refractivity (Wildman–Crippen MR) is 66.2 cm³/mol. The van der Waals surface area contributed by atoms with Gasteiger partial charge in [0.1, 0.15) is 6.04 Å². The Kier molecular flexibility index (Phi) is 3.64. The lowest BCUT2D eigenvalue weighted by molar-refractivity contribution is -0.142. The van der Waals surface area contributed by atoms with Crippen LogP contribution in [0.5, 0.6) is 0 Å². The van der Waals surface area contributed by atoms with Crippen LogP contribution in [0.2, 0.25) is 0 Å². The fourth-order valence-corrected chi connectivity index (χ4v) is 2.92. The maximum Gasteiger partial charge on any atom is 0.320 e. The van der Waals surface area contributed by atoms with Gasteiger partial charge in [-0.15, -0.1) is 0 Å². The molecule has 0 aromatic rings. The maximum absolute atomic E-state index is 12.3. The van der Waals surface area contributed by atoms with Gasteiger partial charge in [0.05, 0.1) is 5.92 Å². The molecule has 0 aromatic heterocycles. The summed E-state index contributed by atoms with van der Waals surface area (Å²) in [6.45, 7) is 2.95. The van der Waals surface area contributed by atoms with E-state index in [1.807, 2.05) is 6.92 Å². The van der Waals surface area contributed by atoms with Crippen molar-refractivity contribution in [3.8, 4) is 0 Å². The number of nitrogens with two attached hydrogens (primary N) is 1. The molecule has 2 fully saturated rings. The van der Waals surface area contributed by atoms with E-state index in [2.05, 4.69) is 0 Å². The van der Waals surface area contributed by atoms with Crippen LogP contribution in [-0.2, 0) is 9.59 Å². The summed E-state index contributed by atoms with van der Waals surface area (Å²) in [5, 5.41) is 9.06. The molecule has 2 aliphatic rings. The van der Waals surface area contributed by atoms with E-state index < -0.39 is 23.8 Å². The molecule has 0 radical (unpaired) electrons. The molecule has 1 unspecified atom stereocenters. The number of carboxylic acid groups (broad SMARTS) is 1. The molecule has 106 valence electrons. The van der Waals surface area contributed by atoms with Crippen LogP contribution in [0.25, 0.3) is 0 Å². The van der Waals surface area contributed by atoms with Crippen molar-refractivity contribution in [1.29, 1.82) is 0 Å². The van der Waals surface area contributed by atoms with Crippen molar-refractivity contribution < 1.29 is 19.5 Å². The number of likely N-dealkylation sites (tertiary alicyclic amines) is 2. The quantitative estimate of drug-likeness (QED) is 0.718. The normalized spacial score (nSPS) is 30.7. The number of urea groups is 1. The van der Waals surface area contributed by atoms with Crippen molar-refractivity contribution in [3.63, 3.8) is 0 Å². The molecule has 19 heavy (non-hydrogen) atoms. The largest absolute Gasteiger partial charge is 0.481 e. The van der Waals surface area contributed by atoms with Gasteiger partial charge in [-0.2, -0.15) is 0 Å². The Labute approximate surface area is 111 Å². The van der Waals surface area contributed by atoms with Crippen molar-refractivity contribution in [2.75, 3.05) is 19.6 Å². The van der Waals surface area contributed by atoms with E-state index in [0.29, 0.717) is 19.5 Å². The van der Waals surface area contributed by atoms with Crippen LogP contribution >= 0.6 is 0 Å². The summed E-state index contributed by atoms with van der Waals surface area (Å²) in [4.78, 5) is 37.6. The second-order valence-corrected chi connectivity index (χ2v) is 5.36. The summed E-state index contributed by atoms with van der Waals surface area (Å²) in [6, 6.07) is -0.816. The zero-order valence-electron chi connectivity index (χ0n) is 10.9. The first kappa shape index (κ1) is 13.6. The van der Waals surface area contributed by atoms with E-state index in [0.717, 1.165) is 6.42 Å². The maximum atomic E-state index is 12.3. The molecule has 7 heteroatoms.